The van der Waals surface area contributed by atoms with Crippen LogP contribution in [0.1, 0.15) is 44.6 Å². The number of carbonyl (C=O) groups is 2. The fourth-order valence-corrected chi connectivity index (χ4v) is 4.30. The van der Waals surface area contributed by atoms with Gasteiger partial charge in [-0.3, -0.25) is 9.69 Å². The average Bonchev–Trinajstić information content (AvgIpc) is 2.59. The zero-order chi connectivity index (χ0) is 19.3. The minimum atomic E-state index is -0.796. The predicted octanol–water partition coefficient (Wildman–Crippen LogP) is 2.64. The highest BCUT2D eigenvalue weighted by Crippen LogP contribution is 2.43. The maximum atomic E-state index is 12.3. The van der Waals surface area contributed by atoms with Crippen molar-refractivity contribution in [2.24, 2.45) is 5.41 Å². The van der Waals surface area contributed by atoms with E-state index in [-0.39, 0.29) is 30.1 Å². The van der Waals surface area contributed by atoms with Crippen LogP contribution in [0, 0.1) is 5.41 Å². The summed E-state index contributed by atoms with van der Waals surface area (Å²) in [7, 11) is 0. The molecule has 2 fully saturated rings. The van der Waals surface area contributed by atoms with Crippen LogP contribution in [0.15, 0.2) is 30.3 Å². The standard InChI is InChI=1S/C21H31N3O3/c1-2-24(14-19(25)26)18-11-17(12-18)23-20(27)22-15-21(9-6-10-21)13-16-7-4-3-5-8-16/h3-5,7-8,17-18H,2,6,9-15H2,1H3,(H,25,26)(H2,22,23,27). The third-order valence-electron chi connectivity index (χ3n) is 6.17. The first-order chi connectivity index (χ1) is 13.0. The van der Waals surface area contributed by atoms with E-state index in [1.807, 2.05) is 17.9 Å². The number of amides is 2. The molecule has 1 aromatic carbocycles. The molecule has 1 aromatic rings. The summed E-state index contributed by atoms with van der Waals surface area (Å²) in [4.78, 5) is 25.1. The molecule has 3 rings (SSSR count). The second-order valence-electron chi connectivity index (χ2n) is 8.12. The maximum Gasteiger partial charge on any atom is 0.317 e. The van der Waals surface area contributed by atoms with Crippen molar-refractivity contribution >= 4 is 12.0 Å². The molecule has 2 aliphatic carbocycles. The van der Waals surface area contributed by atoms with Gasteiger partial charge < -0.3 is 15.7 Å². The van der Waals surface area contributed by atoms with Crippen molar-refractivity contribution in [1.29, 1.82) is 0 Å². The smallest absolute Gasteiger partial charge is 0.317 e. The van der Waals surface area contributed by atoms with E-state index in [1.54, 1.807) is 0 Å². The van der Waals surface area contributed by atoms with E-state index in [1.165, 1.54) is 12.0 Å². The van der Waals surface area contributed by atoms with E-state index in [0.717, 1.165) is 38.6 Å². The lowest BCUT2D eigenvalue weighted by atomic mass is 9.65. The lowest BCUT2D eigenvalue weighted by molar-refractivity contribution is -0.139. The fourth-order valence-electron chi connectivity index (χ4n) is 4.30. The van der Waals surface area contributed by atoms with E-state index in [4.69, 9.17) is 5.11 Å². The largest absolute Gasteiger partial charge is 0.480 e. The Balaban J connectivity index is 1.39. The van der Waals surface area contributed by atoms with Crippen molar-refractivity contribution in [3.8, 4) is 0 Å². The molecule has 0 radical (unpaired) electrons. The molecule has 3 N–H and O–H groups in total. The molecular weight excluding hydrogens is 342 g/mol. The zero-order valence-electron chi connectivity index (χ0n) is 16.1. The number of aliphatic carboxylic acids is 1. The number of rotatable bonds is 9. The van der Waals surface area contributed by atoms with Crippen LogP contribution in [0.25, 0.3) is 0 Å². The van der Waals surface area contributed by atoms with Gasteiger partial charge in [-0.2, -0.15) is 0 Å². The second-order valence-corrected chi connectivity index (χ2v) is 8.12. The predicted molar refractivity (Wildman–Crippen MR) is 105 cm³/mol. The number of hydrogen-bond donors (Lipinski definition) is 3. The minimum Gasteiger partial charge on any atom is -0.480 e. The highest BCUT2D eigenvalue weighted by atomic mass is 16.4. The first kappa shape index (κ1) is 19.7. The van der Waals surface area contributed by atoms with Crippen LogP contribution in [-0.2, 0) is 11.2 Å². The van der Waals surface area contributed by atoms with E-state index in [2.05, 4.69) is 34.9 Å². The molecule has 27 heavy (non-hydrogen) atoms. The molecule has 2 saturated carbocycles. The summed E-state index contributed by atoms with van der Waals surface area (Å²) >= 11 is 0. The van der Waals surface area contributed by atoms with Crippen LogP contribution >= 0.6 is 0 Å². The Morgan fingerprint density at radius 3 is 2.48 bits per heavy atom. The van der Waals surface area contributed by atoms with Gasteiger partial charge in [-0.25, -0.2) is 4.79 Å². The molecule has 2 amide bonds. The molecule has 0 aromatic heterocycles. The summed E-state index contributed by atoms with van der Waals surface area (Å²) in [6.07, 6.45) is 6.22. The van der Waals surface area contributed by atoms with Gasteiger partial charge in [-0.1, -0.05) is 43.7 Å². The number of likely N-dealkylation sites (N-methyl/N-ethyl adjacent to an activating group) is 1. The third kappa shape index (κ3) is 5.22. The van der Waals surface area contributed by atoms with Gasteiger partial charge in [0.05, 0.1) is 6.54 Å². The third-order valence-corrected chi connectivity index (χ3v) is 6.17. The summed E-state index contributed by atoms with van der Waals surface area (Å²) in [6, 6.07) is 10.8. The Kier molecular flexibility index (Phi) is 6.37. The summed E-state index contributed by atoms with van der Waals surface area (Å²) in [5, 5.41) is 15.1. The molecule has 0 atom stereocenters. The number of hydrogen-bond acceptors (Lipinski definition) is 3. The summed E-state index contributed by atoms with van der Waals surface area (Å²) in [5.74, 6) is -0.796. The quantitative estimate of drug-likeness (QED) is 0.621. The Morgan fingerprint density at radius 1 is 1.22 bits per heavy atom. The normalized spacial score (nSPS) is 23.2. The molecule has 148 valence electrons. The second kappa shape index (κ2) is 8.74. The number of carbonyl (C=O) groups excluding carboxylic acids is 1. The first-order valence-electron chi connectivity index (χ1n) is 10.0. The number of carboxylic acid groups (broad SMARTS) is 1. The molecule has 6 heteroatoms. The maximum absolute atomic E-state index is 12.3. The number of nitrogens with zero attached hydrogens (tertiary/aromatic N) is 1. The zero-order valence-corrected chi connectivity index (χ0v) is 16.1. The molecular formula is C21H31N3O3. The average molecular weight is 373 g/mol. The van der Waals surface area contributed by atoms with Gasteiger partial charge in [0, 0.05) is 18.6 Å². The van der Waals surface area contributed by atoms with Gasteiger partial charge in [0.1, 0.15) is 0 Å². The first-order valence-corrected chi connectivity index (χ1v) is 10.0. The Morgan fingerprint density at radius 2 is 1.93 bits per heavy atom. The lowest BCUT2D eigenvalue weighted by Crippen LogP contribution is -2.57. The Hall–Kier alpha value is -2.08. The van der Waals surface area contributed by atoms with Crippen molar-refractivity contribution in [3.63, 3.8) is 0 Å². The Labute approximate surface area is 161 Å². The molecule has 0 aliphatic heterocycles. The minimum absolute atomic E-state index is 0.0715. The molecule has 0 spiro atoms. The van der Waals surface area contributed by atoms with E-state index >= 15 is 0 Å². The van der Waals surface area contributed by atoms with Crippen LogP contribution in [-0.4, -0.2) is 53.7 Å². The van der Waals surface area contributed by atoms with Crippen molar-refractivity contribution in [1.82, 2.24) is 15.5 Å². The van der Waals surface area contributed by atoms with Crippen LogP contribution in [0.3, 0.4) is 0 Å². The van der Waals surface area contributed by atoms with Gasteiger partial charge in [0.2, 0.25) is 0 Å². The highest BCUT2D eigenvalue weighted by molar-refractivity contribution is 5.74. The number of benzene rings is 1. The van der Waals surface area contributed by atoms with Gasteiger partial charge in [-0.05, 0) is 49.6 Å². The number of urea groups is 1. The van der Waals surface area contributed by atoms with E-state index in [9.17, 15) is 9.59 Å². The number of carboxylic acids is 1. The van der Waals surface area contributed by atoms with E-state index in [0.29, 0.717) is 6.54 Å². The number of nitrogens with one attached hydrogen (secondary N) is 2. The van der Waals surface area contributed by atoms with E-state index < -0.39 is 5.97 Å². The van der Waals surface area contributed by atoms with Gasteiger partial charge in [0.15, 0.2) is 0 Å². The van der Waals surface area contributed by atoms with Crippen LogP contribution < -0.4 is 10.6 Å². The van der Waals surface area contributed by atoms with Crippen molar-refractivity contribution in [3.05, 3.63) is 35.9 Å². The van der Waals surface area contributed by atoms with Crippen molar-refractivity contribution in [2.45, 2.75) is 57.5 Å². The summed E-state index contributed by atoms with van der Waals surface area (Å²) < 4.78 is 0. The van der Waals surface area contributed by atoms with Gasteiger partial charge in [0.25, 0.3) is 0 Å². The molecule has 0 heterocycles. The van der Waals surface area contributed by atoms with Gasteiger partial charge in [-0.15, -0.1) is 0 Å². The topological polar surface area (TPSA) is 81.7 Å². The lowest BCUT2D eigenvalue weighted by Gasteiger charge is -2.44. The van der Waals surface area contributed by atoms with Crippen molar-refractivity contribution < 1.29 is 14.7 Å². The fraction of sp³-hybridized carbons (Fsp3) is 0.619. The monoisotopic (exact) mass is 373 g/mol. The highest BCUT2D eigenvalue weighted by Gasteiger charge is 2.38. The van der Waals surface area contributed by atoms with Crippen LogP contribution in [0.4, 0.5) is 4.79 Å². The molecule has 6 nitrogen and oxygen atoms in total. The summed E-state index contributed by atoms with van der Waals surface area (Å²) in [6.45, 7) is 3.48. The molecule has 0 saturated heterocycles. The van der Waals surface area contributed by atoms with Crippen molar-refractivity contribution in [2.75, 3.05) is 19.6 Å². The molecule has 0 unspecified atom stereocenters. The van der Waals surface area contributed by atoms with Crippen LogP contribution in [0.5, 0.6) is 0 Å². The van der Waals surface area contributed by atoms with Crippen LogP contribution in [0.2, 0.25) is 0 Å². The molecule has 0 bridgehead atoms. The SMILES string of the molecule is CCN(CC(=O)O)C1CC(NC(=O)NCC2(Cc3ccccc3)CCC2)C1. The summed E-state index contributed by atoms with van der Waals surface area (Å²) in [5.41, 5.74) is 1.53. The molecule has 2 aliphatic rings. The van der Waals surface area contributed by atoms with Gasteiger partial charge >= 0.3 is 12.0 Å². The Bertz CT molecular complexity index is 639.